The van der Waals surface area contributed by atoms with Crippen molar-refractivity contribution in [2.75, 3.05) is 12.9 Å². The molecule has 27 heavy (non-hydrogen) atoms. The Morgan fingerprint density at radius 2 is 2.22 bits per heavy atom. The molecule has 0 fully saturated rings. The van der Waals surface area contributed by atoms with E-state index in [0.717, 1.165) is 16.6 Å². The molecule has 0 aliphatic rings. The van der Waals surface area contributed by atoms with Gasteiger partial charge in [0, 0.05) is 6.42 Å². The smallest absolute Gasteiger partial charge is 0.354 e. The molecular formula is C19H19NO5S2. The van der Waals surface area contributed by atoms with E-state index in [-0.39, 0.29) is 22.8 Å². The van der Waals surface area contributed by atoms with Crippen molar-refractivity contribution in [1.29, 1.82) is 5.26 Å². The first kappa shape index (κ1) is 20.9. The van der Waals surface area contributed by atoms with Crippen molar-refractivity contribution in [3.8, 4) is 16.7 Å². The minimum absolute atomic E-state index is 0.0185. The van der Waals surface area contributed by atoms with Crippen molar-refractivity contribution >= 4 is 34.2 Å². The van der Waals surface area contributed by atoms with Crippen LogP contribution >= 0.6 is 23.1 Å². The topological polar surface area (TPSA) is 97.4 Å². The summed E-state index contributed by atoms with van der Waals surface area (Å²) in [6.07, 6.45) is 2.75. The number of carbonyl (C=O) groups is 2. The number of nitrogens with zero attached hydrogens (tertiary/aromatic N) is 1. The lowest BCUT2D eigenvalue weighted by Crippen LogP contribution is -2.21. The molecule has 6 nitrogen and oxygen atoms in total. The number of carbonyl (C=O) groups excluding carboxylic acids is 2. The van der Waals surface area contributed by atoms with Gasteiger partial charge in [-0.05, 0) is 49.1 Å². The fourth-order valence-electron chi connectivity index (χ4n) is 2.63. The maximum Gasteiger partial charge on any atom is 0.354 e. The fourth-order valence-corrected chi connectivity index (χ4v) is 3.66. The fraction of sp³-hybridized carbons (Fsp3) is 0.368. The molecule has 2 heterocycles. The maximum atomic E-state index is 12.5. The van der Waals surface area contributed by atoms with Crippen LogP contribution in [0.2, 0.25) is 0 Å². The third-order valence-corrected chi connectivity index (χ3v) is 5.45. The summed E-state index contributed by atoms with van der Waals surface area (Å²) in [6, 6.07) is 7.00. The number of thioether (sulfide) groups is 1. The van der Waals surface area contributed by atoms with Gasteiger partial charge >= 0.3 is 11.6 Å². The summed E-state index contributed by atoms with van der Waals surface area (Å²) in [5.41, 5.74) is -0.704. The molecule has 2 rings (SSSR count). The molecule has 0 bridgehead atoms. The van der Waals surface area contributed by atoms with Crippen LogP contribution in [0.4, 0.5) is 0 Å². The summed E-state index contributed by atoms with van der Waals surface area (Å²) < 4.78 is 10.4. The lowest BCUT2D eigenvalue weighted by Gasteiger charge is -2.17. The molecule has 0 aliphatic carbocycles. The Kier molecular flexibility index (Phi) is 7.82. The number of rotatable bonds is 8. The highest BCUT2D eigenvalue weighted by molar-refractivity contribution is 8.13. The van der Waals surface area contributed by atoms with Crippen LogP contribution in [-0.2, 0) is 14.3 Å². The molecular weight excluding hydrogens is 386 g/mol. The SMILES string of the molecule is CCOC(=O)C(CCCC(=O)SC)c1cc(-c2cccs2)oc(=O)c1C#N. The average Bonchev–Trinajstić information content (AvgIpc) is 3.19. The van der Waals surface area contributed by atoms with Gasteiger partial charge in [-0.25, -0.2) is 4.79 Å². The lowest BCUT2D eigenvalue weighted by molar-refractivity contribution is -0.145. The van der Waals surface area contributed by atoms with E-state index in [4.69, 9.17) is 9.15 Å². The van der Waals surface area contributed by atoms with Crippen molar-refractivity contribution in [3.63, 3.8) is 0 Å². The van der Waals surface area contributed by atoms with Gasteiger partial charge in [0.1, 0.15) is 17.4 Å². The minimum atomic E-state index is -0.808. The van der Waals surface area contributed by atoms with Gasteiger partial charge in [-0.1, -0.05) is 17.8 Å². The van der Waals surface area contributed by atoms with Crippen molar-refractivity contribution in [3.05, 3.63) is 45.1 Å². The number of hydrogen-bond acceptors (Lipinski definition) is 8. The average molecular weight is 405 g/mol. The first-order chi connectivity index (χ1) is 13.0. The van der Waals surface area contributed by atoms with E-state index >= 15 is 0 Å². The van der Waals surface area contributed by atoms with E-state index in [9.17, 15) is 19.6 Å². The molecule has 0 saturated heterocycles. The third-order valence-electron chi connectivity index (χ3n) is 3.91. The molecule has 142 valence electrons. The molecule has 2 aromatic heterocycles. The van der Waals surface area contributed by atoms with Gasteiger partial charge in [0.2, 0.25) is 0 Å². The molecule has 0 saturated carbocycles. The summed E-state index contributed by atoms with van der Waals surface area (Å²) >= 11 is 2.51. The zero-order chi connectivity index (χ0) is 19.8. The van der Waals surface area contributed by atoms with E-state index in [1.54, 1.807) is 25.3 Å². The molecule has 1 unspecified atom stereocenters. The highest BCUT2D eigenvalue weighted by atomic mass is 32.2. The first-order valence-electron chi connectivity index (χ1n) is 8.37. The second-order valence-corrected chi connectivity index (χ2v) is 7.40. The number of thiophene rings is 1. The first-order valence-corrected chi connectivity index (χ1v) is 10.5. The predicted molar refractivity (Wildman–Crippen MR) is 105 cm³/mol. The van der Waals surface area contributed by atoms with Crippen LogP contribution < -0.4 is 5.63 Å². The normalized spacial score (nSPS) is 11.6. The Hall–Kier alpha value is -2.37. The second kappa shape index (κ2) is 10.1. The molecule has 0 radical (unpaired) electrons. The number of esters is 1. The molecule has 0 spiro atoms. The third kappa shape index (κ3) is 5.31. The van der Waals surface area contributed by atoms with Gasteiger partial charge in [0.15, 0.2) is 5.12 Å². The van der Waals surface area contributed by atoms with E-state index in [1.165, 1.54) is 11.3 Å². The summed E-state index contributed by atoms with van der Waals surface area (Å²) in [6.45, 7) is 1.87. The van der Waals surface area contributed by atoms with Crippen LogP contribution in [0, 0.1) is 11.3 Å². The van der Waals surface area contributed by atoms with Crippen LogP contribution in [0.5, 0.6) is 0 Å². The molecule has 1 atom stereocenters. The van der Waals surface area contributed by atoms with E-state index in [0.29, 0.717) is 25.0 Å². The summed E-state index contributed by atoms with van der Waals surface area (Å²) in [4.78, 5) is 37.1. The standard InChI is InChI=1S/C19H19NO5S2/c1-3-24-18(22)12(6-4-8-17(21)26-2)13-10-15(16-7-5-9-27-16)25-19(23)14(13)11-20/h5,7,9-10,12H,3-4,6,8H2,1-2H3. The Morgan fingerprint density at radius 3 is 2.81 bits per heavy atom. The van der Waals surface area contributed by atoms with Gasteiger partial charge in [-0.2, -0.15) is 5.26 Å². The number of ether oxygens (including phenoxy) is 1. The Morgan fingerprint density at radius 1 is 1.44 bits per heavy atom. The largest absolute Gasteiger partial charge is 0.466 e. The van der Waals surface area contributed by atoms with Gasteiger partial charge in [0.05, 0.1) is 17.4 Å². The zero-order valence-electron chi connectivity index (χ0n) is 15.0. The van der Waals surface area contributed by atoms with Gasteiger partial charge < -0.3 is 9.15 Å². The number of nitriles is 1. The Bertz CT molecular complexity index is 896. The van der Waals surface area contributed by atoms with Crippen LogP contribution in [0.1, 0.15) is 43.2 Å². The van der Waals surface area contributed by atoms with Crippen molar-refractivity contribution in [2.24, 2.45) is 0 Å². The quantitative estimate of drug-likeness (QED) is 0.613. The van der Waals surface area contributed by atoms with E-state index in [1.807, 2.05) is 17.5 Å². The molecule has 0 aromatic carbocycles. The zero-order valence-corrected chi connectivity index (χ0v) is 16.7. The predicted octanol–water partition coefficient (Wildman–Crippen LogP) is 3.95. The summed E-state index contributed by atoms with van der Waals surface area (Å²) in [5.74, 6) is -1.02. The Labute approximate surface area is 165 Å². The Balaban J connectivity index is 2.45. The molecule has 0 aliphatic heterocycles. The highest BCUT2D eigenvalue weighted by Crippen LogP contribution is 2.31. The van der Waals surface area contributed by atoms with Gasteiger partial charge in [0.25, 0.3) is 0 Å². The molecule has 2 aromatic rings. The van der Waals surface area contributed by atoms with Gasteiger partial charge in [-0.15, -0.1) is 11.3 Å². The van der Waals surface area contributed by atoms with Crippen molar-refractivity contribution < 1.29 is 18.7 Å². The van der Waals surface area contributed by atoms with E-state index < -0.39 is 17.5 Å². The lowest BCUT2D eigenvalue weighted by atomic mass is 9.90. The second-order valence-electron chi connectivity index (χ2n) is 5.59. The van der Waals surface area contributed by atoms with E-state index in [2.05, 4.69) is 0 Å². The number of hydrogen-bond donors (Lipinski definition) is 0. The van der Waals surface area contributed by atoms with Crippen molar-refractivity contribution in [2.45, 2.75) is 32.1 Å². The van der Waals surface area contributed by atoms with Crippen LogP contribution in [-0.4, -0.2) is 23.9 Å². The van der Waals surface area contributed by atoms with Crippen LogP contribution in [0.15, 0.2) is 32.8 Å². The van der Waals surface area contributed by atoms with Crippen molar-refractivity contribution in [1.82, 2.24) is 0 Å². The molecule has 0 N–H and O–H groups in total. The molecule has 8 heteroatoms. The van der Waals surface area contributed by atoms with Crippen LogP contribution in [0.25, 0.3) is 10.6 Å². The van der Waals surface area contributed by atoms with Crippen LogP contribution in [0.3, 0.4) is 0 Å². The monoisotopic (exact) mass is 405 g/mol. The maximum absolute atomic E-state index is 12.5. The highest BCUT2D eigenvalue weighted by Gasteiger charge is 2.28. The minimum Gasteiger partial charge on any atom is -0.466 e. The molecule has 0 amide bonds. The van der Waals surface area contributed by atoms with Gasteiger partial charge in [-0.3, -0.25) is 9.59 Å². The summed E-state index contributed by atoms with van der Waals surface area (Å²) in [7, 11) is 0. The summed E-state index contributed by atoms with van der Waals surface area (Å²) in [5, 5.41) is 11.3.